The summed E-state index contributed by atoms with van der Waals surface area (Å²) in [5.74, 6) is 0.607. The fourth-order valence-electron chi connectivity index (χ4n) is 3.57. The van der Waals surface area contributed by atoms with Gasteiger partial charge in [0.1, 0.15) is 0 Å². The highest BCUT2D eigenvalue weighted by molar-refractivity contribution is 6.00. The summed E-state index contributed by atoms with van der Waals surface area (Å²) in [5, 5.41) is 0. The van der Waals surface area contributed by atoms with Gasteiger partial charge >= 0.3 is 0 Å². The van der Waals surface area contributed by atoms with Crippen molar-refractivity contribution in [1.82, 2.24) is 9.80 Å². The monoisotopic (exact) mass is 374 g/mol. The minimum absolute atomic E-state index is 0.0132. The van der Waals surface area contributed by atoms with Gasteiger partial charge in [-0.05, 0) is 44.4 Å². The fourth-order valence-corrected chi connectivity index (χ4v) is 3.57. The topological polar surface area (TPSA) is 69.9 Å². The van der Waals surface area contributed by atoms with Gasteiger partial charge in [-0.15, -0.1) is 0 Å². The Kier molecular flexibility index (Phi) is 7.51. The van der Waals surface area contributed by atoms with Crippen LogP contribution in [0, 0.1) is 5.92 Å². The molecule has 2 amide bonds. The van der Waals surface area contributed by atoms with Gasteiger partial charge in [-0.2, -0.15) is 0 Å². The van der Waals surface area contributed by atoms with Crippen molar-refractivity contribution >= 4 is 23.2 Å². The molecule has 1 fully saturated rings. The molecule has 0 atom stereocenters. The molecule has 27 heavy (non-hydrogen) atoms. The number of carbonyl (C=O) groups excluding carboxylic acids is 2. The zero-order chi connectivity index (χ0) is 20.0. The smallest absolute Gasteiger partial charge is 0.256 e. The summed E-state index contributed by atoms with van der Waals surface area (Å²) in [5.41, 5.74) is 8.14. The van der Waals surface area contributed by atoms with Gasteiger partial charge in [0.25, 0.3) is 5.91 Å². The molecule has 0 spiro atoms. The molecule has 0 saturated carbocycles. The standard InChI is InChI=1S/C21H34N4O2/c1-5-23(6-2)21(27)18-15-17(22)8-9-19(18)24-10-7-11-25(13-12-24)20(26)14-16(3)4/h8-9,15-16H,5-7,10-14,22H2,1-4H3. The van der Waals surface area contributed by atoms with Crippen LogP contribution in [0.5, 0.6) is 0 Å². The number of hydrogen-bond donors (Lipinski definition) is 1. The number of nitrogens with zero attached hydrogens (tertiary/aromatic N) is 3. The van der Waals surface area contributed by atoms with Crippen LogP contribution in [0.1, 0.15) is 50.9 Å². The minimum atomic E-state index is 0.0132. The Bertz CT molecular complexity index is 656. The summed E-state index contributed by atoms with van der Waals surface area (Å²) in [6.45, 7) is 12.5. The molecule has 0 radical (unpaired) electrons. The first-order valence-corrected chi connectivity index (χ1v) is 10.1. The van der Waals surface area contributed by atoms with Gasteiger partial charge < -0.3 is 20.4 Å². The third kappa shape index (κ3) is 5.37. The Morgan fingerprint density at radius 1 is 1.11 bits per heavy atom. The second-order valence-electron chi connectivity index (χ2n) is 7.57. The molecule has 1 aliphatic heterocycles. The lowest BCUT2D eigenvalue weighted by molar-refractivity contribution is -0.131. The van der Waals surface area contributed by atoms with Crippen LogP contribution in [0.3, 0.4) is 0 Å². The predicted octanol–water partition coefficient (Wildman–Crippen LogP) is 2.84. The maximum Gasteiger partial charge on any atom is 0.256 e. The van der Waals surface area contributed by atoms with Crippen molar-refractivity contribution in [3.63, 3.8) is 0 Å². The summed E-state index contributed by atoms with van der Waals surface area (Å²) >= 11 is 0. The van der Waals surface area contributed by atoms with E-state index in [2.05, 4.69) is 18.7 Å². The van der Waals surface area contributed by atoms with Crippen molar-refractivity contribution < 1.29 is 9.59 Å². The number of carbonyl (C=O) groups is 2. The van der Waals surface area contributed by atoms with Gasteiger partial charge in [0.2, 0.25) is 5.91 Å². The number of anilines is 2. The largest absolute Gasteiger partial charge is 0.399 e. The Morgan fingerprint density at radius 3 is 2.44 bits per heavy atom. The molecular formula is C21H34N4O2. The first kappa shape index (κ1) is 21.1. The van der Waals surface area contributed by atoms with E-state index < -0.39 is 0 Å². The number of nitrogens with two attached hydrogens (primary N) is 1. The van der Waals surface area contributed by atoms with E-state index in [-0.39, 0.29) is 11.8 Å². The lowest BCUT2D eigenvalue weighted by Gasteiger charge is -2.28. The van der Waals surface area contributed by atoms with E-state index in [9.17, 15) is 9.59 Å². The molecular weight excluding hydrogens is 340 g/mol. The van der Waals surface area contributed by atoms with E-state index in [1.807, 2.05) is 35.8 Å². The van der Waals surface area contributed by atoms with E-state index in [0.29, 0.717) is 43.2 Å². The van der Waals surface area contributed by atoms with E-state index in [0.717, 1.165) is 31.7 Å². The molecule has 0 aromatic heterocycles. The second-order valence-corrected chi connectivity index (χ2v) is 7.57. The number of hydrogen-bond acceptors (Lipinski definition) is 4. The molecule has 2 rings (SSSR count). The molecule has 6 heteroatoms. The molecule has 1 aromatic rings. The molecule has 0 aliphatic carbocycles. The first-order chi connectivity index (χ1) is 12.9. The summed E-state index contributed by atoms with van der Waals surface area (Å²) in [4.78, 5) is 31.4. The Hall–Kier alpha value is -2.24. The highest BCUT2D eigenvalue weighted by atomic mass is 16.2. The van der Waals surface area contributed by atoms with Gasteiger partial charge in [-0.3, -0.25) is 9.59 Å². The molecule has 1 aromatic carbocycles. The molecule has 0 unspecified atom stereocenters. The van der Waals surface area contributed by atoms with Gasteiger partial charge in [0, 0.05) is 57.1 Å². The van der Waals surface area contributed by atoms with Crippen molar-refractivity contribution in [3.8, 4) is 0 Å². The molecule has 1 saturated heterocycles. The average Bonchev–Trinajstić information content (AvgIpc) is 2.88. The van der Waals surface area contributed by atoms with Gasteiger partial charge in [0.15, 0.2) is 0 Å². The van der Waals surface area contributed by atoms with Crippen LogP contribution in [-0.4, -0.2) is 60.9 Å². The minimum Gasteiger partial charge on any atom is -0.399 e. The van der Waals surface area contributed by atoms with Crippen LogP contribution in [0.4, 0.5) is 11.4 Å². The van der Waals surface area contributed by atoms with Gasteiger partial charge in [0.05, 0.1) is 5.56 Å². The highest BCUT2D eigenvalue weighted by Gasteiger charge is 2.24. The average molecular weight is 375 g/mol. The quantitative estimate of drug-likeness (QED) is 0.778. The van der Waals surface area contributed by atoms with E-state index in [4.69, 9.17) is 5.73 Å². The van der Waals surface area contributed by atoms with Crippen molar-refractivity contribution in [2.75, 3.05) is 49.9 Å². The molecule has 1 aliphatic rings. The molecule has 6 nitrogen and oxygen atoms in total. The number of benzene rings is 1. The first-order valence-electron chi connectivity index (χ1n) is 10.1. The maximum absolute atomic E-state index is 13.0. The summed E-state index contributed by atoms with van der Waals surface area (Å²) in [7, 11) is 0. The van der Waals surface area contributed by atoms with E-state index >= 15 is 0 Å². The zero-order valence-corrected chi connectivity index (χ0v) is 17.2. The Morgan fingerprint density at radius 2 is 1.81 bits per heavy atom. The SMILES string of the molecule is CCN(CC)C(=O)c1cc(N)ccc1N1CCCN(C(=O)CC(C)C)CC1. The zero-order valence-electron chi connectivity index (χ0n) is 17.2. The lowest BCUT2D eigenvalue weighted by atomic mass is 10.1. The summed E-state index contributed by atoms with van der Waals surface area (Å²) in [6.07, 6.45) is 1.49. The van der Waals surface area contributed by atoms with E-state index in [1.54, 1.807) is 6.07 Å². The molecule has 1 heterocycles. The second kappa shape index (κ2) is 9.62. The lowest BCUT2D eigenvalue weighted by Crippen LogP contribution is -2.36. The van der Waals surface area contributed by atoms with Crippen molar-refractivity contribution in [2.45, 2.75) is 40.5 Å². The number of rotatable bonds is 6. The van der Waals surface area contributed by atoms with Gasteiger partial charge in [-0.25, -0.2) is 0 Å². The summed E-state index contributed by atoms with van der Waals surface area (Å²) < 4.78 is 0. The van der Waals surface area contributed by atoms with Crippen molar-refractivity contribution in [3.05, 3.63) is 23.8 Å². The summed E-state index contributed by atoms with van der Waals surface area (Å²) in [6, 6.07) is 5.57. The van der Waals surface area contributed by atoms with Crippen LogP contribution >= 0.6 is 0 Å². The molecule has 2 N–H and O–H groups in total. The third-order valence-corrected chi connectivity index (χ3v) is 5.07. The van der Waals surface area contributed by atoms with Crippen LogP contribution in [-0.2, 0) is 4.79 Å². The Labute approximate surface area is 163 Å². The van der Waals surface area contributed by atoms with E-state index in [1.165, 1.54) is 0 Å². The Balaban J connectivity index is 2.20. The fraction of sp³-hybridized carbons (Fsp3) is 0.619. The highest BCUT2D eigenvalue weighted by Crippen LogP contribution is 2.26. The van der Waals surface area contributed by atoms with Crippen LogP contribution < -0.4 is 10.6 Å². The predicted molar refractivity (Wildman–Crippen MR) is 111 cm³/mol. The van der Waals surface area contributed by atoms with Crippen molar-refractivity contribution in [1.29, 1.82) is 0 Å². The molecule has 0 bridgehead atoms. The third-order valence-electron chi connectivity index (χ3n) is 5.07. The maximum atomic E-state index is 13.0. The number of nitrogen functional groups attached to an aromatic ring is 1. The van der Waals surface area contributed by atoms with Crippen LogP contribution in [0.25, 0.3) is 0 Å². The van der Waals surface area contributed by atoms with Gasteiger partial charge in [-0.1, -0.05) is 13.8 Å². The van der Waals surface area contributed by atoms with Crippen LogP contribution in [0.15, 0.2) is 18.2 Å². The number of amides is 2. The van der Waals surface area contributed by atoms with Crippen LogP contribution in [0.2, 0.25) is 0 Å². The molecule has 150 valence electrons. The normalized spacial score (nSPS) is 15.0. The van der Waals surface area contributed by atoms with Crippen molar-refractivity contribution in [2.24, 2.45) is 5.92 Å².